The van der Waals surface area contributed by atoms with Crippen molar-refractivity contribution in [1.29, 1.82) is 0 Å². The van der Waals surface area contributed by atoms with Crippen LogP contribution < -0.4 is 10.2 Å². The molecule has 1 aromatic heterocycles. The molecule has 138 valence electrons. The molecule has 1 N–H and O–H groups in total. The molecule has 1 atom stereocenters. The van der Waals surface area contributed by atoms with Crippen molar-refractivity contribution >= 4 is 23.4 Å². The van der Waals surface area contributed by atoms with Crippen LogP contribution in [0.1, 0.15) is 18.4 Å². The van der Waals surface area contributed by atoms with Crippen molar-refractivity contribution in [2.24, 2.45) is 0 Å². The van der Waals surface area contributed by atoms with Gasteiger partial charge >= 0.3 is 6.03 Å². The number of nitrogens with one attached hydrogen (secondary N) is 1. The molecule has 0 spiro atoms. The molecule has 1 saturated heterocycles. The van der Waals surface area contributed by atoms with Crippen LogP contribution in [0.3, 0.4) is 0 Å². The highest BCUT2D eigenvalue weighted by Gasteiger charge is 2.26. The van der Waals surface area contributed by atoms with Gasteiger partial charge in [-0.2, -0.15) is 5.10 Å². The van der Waals surface area contributed by atoms with Gasteiger partial charge in [0.15, 0.2) is 5.82 Å². The van der Waals surface area contributed by atoms with E-state index in [0.717, 1.165) is 48.8 Å². The molecule has 0 saturated carbocycles. The molecule has 1 fully saturated rings. The largest absolute Gasteiger partial charge is 0.353 e. The summed E-state index contributed by atoms with van der Waals surface area (Å²) in [5.74, 6) is 0.868. The highest BCUT2D eigenvalue weighted by molar-refractivity contribution is 6.30. The minimum atomic E-state index is -0.0435. The first-order valence-electron chi connectivity index (χ1n) is 8.91. The van der Waals surface area contributed by atoms with Crippen molar-refractivity contribution in [3.8, 4) is 0 Å². The molecule has 1 aliphatic heterocycles. The Morgan fingerprint density at radius 3 is 3.04 bits per heavy atom. The normalized spacial score (nSPS) is 17.0. The number of anilines is 1. The van der Waals surface area contributed by atoms with Crippen molar-refractivity contribution in [2.75, 3.05) is 31.6 Å². The van der Waals surface area contributed by atoms with E-state index in [1.165, 1.54) is 0 Å². The minimum Gasteiger partial charge on any atom is -0.353 e. The zero-order valence-corrected chi connectivity index (χ0v) is 15.7. The molecular weight excluding hydrogens is 350 g/mol. The van der Waals surface area contributed by atoms with Crippen LogP contribution in [0.4, 0.5) is 10.6 Å². The van der Waals surface area contributed by atoms with Crippen LogP contribution in [0.25, 0.3) is 0 Å². The fraction of sp³-hybridized carbons (Fsp3) is 0.421. The number of amides is 2. The Balaban J connectivity index is 1.49. The van der Waals surface area contributed by atoms with Crippen LogP contribution >= 0.6 is 11.6 Å². The maximum absolute atomic E-state index is 12.5. The molecule has 2 heterocycles. The van der Waals surface area contributed by atoms with Crippen LogP contribution in [0.5, 0.6) is 0 Å². The summed E-state index contributed by atoms with van der Waals surface area (Å²) in [7, 11) is 1.86. The van der Waals surface area contributed by atoms with E-state index in [1.807, 2.05) is 43.4 Å². The Kier molecular flexibility index (Phi) is 6.28. The number of aromatic nitrogens is 2. The molecule has 7 heteroatoms. The summed E-state index contributed by atoms with van der Waals surface area (Å²) in [6.45, 7) is 2.31. The molecule has 0 aliphatic carbocycles. The SMILES string of the molecule is CN(C(=O)NCCc1cccc(Cl)c1)[C@@H]1CCCN(c2cccnn2)C1. The number of nitrogens with zero attached hydrogens (tertiary/aromatic N) is 4. The van der Waals surface area contributed by atoms with Gasteiger partial charge in [-0.05, 0) is 49.1 Å². The fourth-order valence-electron chi connectivity index (χ4n) is 3.24. The lowest BCUT2D eigenvalue weighted by Gasteiger charge is -2.37. The Morgan fingerprint density at radius 1 is 1.38 bits per heavy atom. The topological polar surface area (TPSA) is 61.4 Å². The van der Waals surface area contributed by atoms with Gasteiger partial charge in [-0.25, -0.2) is 4.79 Å². The number of carbonyl (C=O) groups excluding carboxylic acids is 1. The molecule has 1 aliphatic rings. The first-order valence-corrected chi connectivity index (χ1v) is 9.29. The van der Waals surface area contributed by atoms with E-state index < -0.39 is 0 Å². The fourth-order valence-corrected chi connectivity index (χ4v) is 3.45. The quantitative estimate of drug-likeness (QED) is 0.875. The van der Waals surface area contributed by atoms with Gasteiger partial charge < -0.3 is 15.1 Å². The summed E-state index contributed by atoms with van der Waals surface area (Å²) < 4.78 is 0. The second-order valence-electron chi connectivity index (χ2n) is 6.55. The number of hydrogen-bond acceptors (Lipinski definition) is 4. The van der Waals surface area contributed by atoms with Gasteiger partial charge in [-0.1, -0.05) is 23.7 Å². The standard InChI is InChI=1S/C19H24ClN5O/c1-24(19(26)21-11-9-15-5-2-6-16(20)13-15)17-7-4-12-25(14-17)18-8-3-10-22-23-18/h2-3,5-6,8,10,13,17H,4,7,9,11-12,14H2,1H3,(H,21,26)/t17-/m1/s1. The number of hydrogen-bond donors (Lipinski definition) is 1. The average molecular weight is 374 g/mol. The van der Waals surface area contributed by atoms with E-state index in [1.54, 1.807) is 11.1 Å². The molecule has 1 aromatic carbocycles. The van der Waals surface area contributed by atoms with Crippen molar-refractivity contribution in [3.05, 3.63) is 53.2 Å². The van der Waals surface area contributed by atoms with Gasteiger partial charge in [0.1, 0.15) is 0 Å². The average Bonchev–Trinajstić information content (AvgIpc) is 2.68. The summed E-state index contributed by atoms with van der Waals surface area (Å²) in [6, 6.07) is 11.7. The molecule has 0 radical (unpaired) electrons. The van der Waals surface area contributed by atoms with Crippen LogP contribution in [0.2, 0.25) is 5.02 Å². The number of carbonyl (C=O) groups is 1. The highest BCUT2D eigenvalue weighted by atomic mass is 35.5. The maximum Gasteiger partial charge on any atom is 0.317 e. The number of rotatable bonds is 5. The molecule has 0 bridgehead atoms. The van der Waals surface area contributed by atoms with E-state index >= 15 is 0 Å². The molecule has 2 aromatic rings. The van der Waals surface area contributed by atoms with Gasteiger partial charge in [0.25, 0.3) is 0 Å². The maximum atomic E-state index is 12.5. The van der Waals surface area contributed by atoms with Gasteiger partial charge in [0.05, 0.1) is 6.04 Å². The zero-order valence-electron chi connectivity index (χ0n) is 14.9. The number of halogens is 1. The monoisotopic (exact) mass is 373 g/mol. The molecule has 0 unspecified atom stereocenters. The van der Waals surface area contributed by atoms with E-state index in [2.05, 4.69) is 20.4 Å². The third-order valence-corrected chi connectivity index (χ3v) is 4.96. The number of piperidine rings is 1. The lowest BCUT2D eigenvalue weighted by atomic mass is 10.0. The molecule has 2 amide bonds. The molecule has 3 rings (SSSR count). The van der Waals surface area contributed by atoms with E-state index in [4.69, 9.17) is 11.6 Å². The van der Waals surface area contributed by atoms with Gasteiger partial charge in [0.2, 0.25) is 0 Å². The Morgan fingerprint density at radius 2 is 2.27 bits per heavy atom. The lowest BCUT2D eigenvalue weighted by molar-refractivity contribution is 0.182. The van der Waals surface area contributed by atoms with E-state index in [9.17, 15) is 4.79 Å². The van der Waals surface area contributed by atoms with Gasteiger partial charge in [-0.3, -0.25) is 0 Å². The van der Waals surface area contributed by atoms with Crippen LogP contribution in [0.15, 0.2) is 42.6 Å². The second kappa shape index (κ2) is 8.85. The predicted molar refractivity (Wildman–Crippen MR) is 104 cm³/mol. The van der Waals surface area contributed by atoms with Crippen molar-refractivity contribution in [3.63, 3.8) is 0 Å². The first kappa shape index (κ1) is 18.5. The van der Waals surface area contributed by atoms with E-state index in [0.29, 0.717) is 6.54 Å². The number of urea groups is 1. The third kappa shape index (κ3) is 4.85. The van der Waals surface area contributed by atoms with Gasteiger partial charge in [0, 0.05) is 37.9 Å². The van der Waals surface area contributed by atoms with Crippen LogP contribution in [-0.4, -0.2) is 53.9 Å². The minimum absolute atomic E-state index is 0.0435. The highest BCUT2D eigenvalue weighted by Crippen LogP contribution is 2.19. The Labute approximate surface area is 159 Å². The third-order valence-electron chi connectivity index (χ3n) is 4.73. The zero-order chi connectivity index (χ0) is 18.4. The summed E-state index contributed by atoms with van der Waals surface area (Å²) >= 11 is 5.99. The number of benzene rings is 1. The van der Waals surface area contributed by atoms with E-state index in [-0.39, 0.29) is 12.1 Å². The summed E-state index contributed by atoms with van der Waals surface area (Å²) in [6.07, 6.45) is 4.46. The smallest absolute Gasteiger partial charge is 0.317 e. The number of likely N-dealkylation sites (N-methyl/N-ethyl adjacent to an activating group) is 1. The summed E-state index contributed by atoms with van der Waals surface area (Å²) in [5.41, 5.74) is 1.12. The van der Waals surface area contributed by atoms with Crippen LogP contribution in [0, 0.1) is 0 Å². The van der Waals surface area contributed by atoms with Crippen molar-refractivity contribution in [2.45, 2.75) is 25.3 Å². The van der Waals surface area contributed by atoms with Gasteiger partial charge in [-0.15, -0.1) is 5.10 Å². The van der Waals surface area contributed by atoms with Crippen molar-refractivity contribution < 1.29 is 4.79 Å². The molecular formula is C19H24ClN5O. The van der Waals surface area contributed by atoms with Crippen molar-refractivity contribution in [1.82, 2.24) is 20.4 Å². The molecule has 6 nitrogen and oxygen atoms in total. The summed E-state index contributed by atoms with van der Waals surface area (Å²) in [4.78, 5) is 16.5. The predicted octanol–water partition coefficient (Wildman–Crippen LogP) is 2.98. The second-order valence-corrected chi connectivity index (χ2v) is 6.98. The molecule has 26 heavy (non-hydrogen) atoms. The summed E-state index contributed by atoms with van der Waals surface area (Å²) in [5, 5.41) is 11.8. The Bertz CT molecular complexity index is 727. The Hall–Kier alpha value is -2.34. The lowest BCUT2D eigenvalue weighted by Crippen LogP contribution is -2.51. The first-order chi connectivity index (χ1) is 12.6. The van der Waals surface area contributed by atoms with Crippen LogP contribution in [-0.2, 0) is 6.42 Å².